The number of halogens is 1. The van der Waals surface area contributed by atoms with E-state index in [1.165, 1.54) is 0 Å². The molecule has 1 aromatic rings. The first-order chi connectivity index (χ1) is 8.65. The second kappa shape index (κ2) is 6.07. The maximum atomic E-state index is 11.9. The van der Waals surface area contributed by atoms with Crippen LogP contribution in [0.3, 0.4) is 0 Å². The summed E-state index contributed by atoms with van der Waals surface area (Å²) in [6.45, 7) is 2.26. The molecule has 18 heavy (non-hydrogen) atoms. The highest BCUT2D eigenvalue weighted by atomic mass is 35.5. The largest absolute Gasteiger partial charge is 0.381 e. The van der Waals surface area contributed by atoms with Gasteiger partial charge in [0.2, 0.25) is 0 Å². The monoisotopic (exact) mass is 268 g/mol. The molecule has 4 nitrogen and oxygen atoms in total. The van der Waals surface area contributed by atoms with E-state index in [0.29, 0.717) is 23.2 Å². The summed E-state index contributed by atoms with van der Waals surface area (Å²) in [7, 11) is 1.79. The molecule has 2 rings (SSSR count). The molecule has 1 aliphatic rings. The minimum Gasteiger partial charge on any atom is -0.381 e. The van der Waals surface area contributed by atoms with Crippen LogP contribution in [0.15, 0.2) is 24.3 Å². The van der Waals surface area contributed by atoms with E-state index in [9.17, 15) is 4.79 Å². The molecule has 98 valence electrons. The van der Waals surface area contributed by atoms with Crippen LogP contribution in [0, 0.1) is 5.92 Å². The van der Waals surface area contributed by atoms with E-state index in [4.69, 9.17) is 16.3 Å². The number of ether oxygens (including phenoxy) is 1. The molecule has 1 fully saturated rings. The molecule has 1 aliphatic heterocycles. The third-order valence-corrected chi connectivity index (χ3v) is 3.21. The van der Waals surface area contributed by atoms with Crippen LogP contribution in [0.4, 0.5) is 10.5 Å². The number of anilines is 1. The molecule has 0 radical (unpaired) electrons. The van der Waals surface area contributed by atoms with Crippen molar-refractivity contribution < 1.29 is 9.53 Å². The summed E-state index contributed by atoms with van der Waals surface area (Å²) in [5, 5.41) is 3.43. The van der Waals surface area contributed by atoms with Crippen molar-refractivity contribution >= 4 is 23.3 Å². The zero-order valence-electron chi connectivity index (χ0n) is 10.4. The van der Waals surface area contributed by atoms with E-state index >= 15 is 0 Å². The lowest BCUT2D eigenvalue weighted by Gasteiger charge is -2.20. The van der Waals surface area contributed by atoms with E-state index in [1.54, 1.807) is 24.1 Å². The third-order valence-electron chi connectivity index (χ3n) is 2.98. The summed E-state index contributed by atoms with van der Waals surface area (Å²) in [5.74, 6) is 0.445. The van der Waals surface area contributed by atoms with E-state index in [-0.39, 0.29) is 6.03 Å². The lowest BCUT2D eigenvalue weighted by atomic mass is 10.1. The minimum atomic E-state index is -0.121. The van der Waals surface area contributed by atoms with Crippen LogP contribution in [0.1, 0.15) is 6.42 Å². The number of amides is 2. The molecule has 0 aromatic heterocycles. The molecule has 1 heterocycles. The summed E-state index contributed by atoms with van der Waals surface area (Å²) in [4.78, 5) is 13.6. The minimum absolute atomic E-state index is 0.121. The molecule has 2 amide bonds. The smallest absolute Gasteiger partial charge is 0.321 e. The van der Waals surface area contributed by atoms with Crippen molar-refractivity contribution in [3.8, 4) is 0 Å². The number of hydrogen-bond donors (Lipinski definition) is 1. The summed E-state index contributed by atoms with van der Waals surface area (Å²) in [5.41, 5.74) is 0.710. The molecule has 1 unspecified atom stereocenters. The van der Waals surface area contributed by atoms with E-state index in [1.807, 2.05) is 12.1 Å². The zero-order chi connectivity index (χ0) is 13.0. The topological polar surface area (TPSA) is 41.6 Å². The quantitative estimate of drug-likeness (QED) is 0.916. The highest BCUT2D eigenvalue weighted by Crippen LogP contribution is 2.16. The number of hydrogen-bond acceptors (Lipinski definition) is 2. The Morgan fingerprint density at radius 2 is 2.44 bits per heavy atom. The van der Waals surface area contributed by atoms with Crippen molar-refractivity contribution in [1.82, 2.24) is 4.90 Å². The van der Waals surface area contributed by atoms with Gasteiger partial charge in [0.25, 0.3) is 0 Å². The molecule has 0 bridgehead atoms. The van der Waals surface area contributed by atoms with Crippen molar-refractivity contribution in [1.29, 1.82) is 0 Å². The second-order valence-corrected chi connectivity index (χ2v) is 4.99. The highest BCUT2D eigenvalue weighted by Gasteiger charge is 2.19. The maximum absolute atomic E-state index is 11.9. The number of urea groups is 1. The molecule has 1 saturated heterocycles. The first kappa shape index (κ1) is 13.2. The van der Waals surface area contributed by atoms with Gasteiger partial charge < -0.3 is 15.0 Å². The number of carbonyl (C=O) groups is 1. The van der Waals surface area contributed by atoms with Crippen LogP contribution in [0.2, 0.25) is 5.02 Å². The molecule has 1 aromatic carbocycles. The fourth-order valence-corrected chi connectivity index (χ4v) is 2.17. The summed E-state index contributed by atoms with van der Waals surface area (Å²) >= 11 is 5.86. The number of nitrogens with zero attached hydrogens (tertiary/aromatic N) is 1. The van der Waals surface area contributed by atoms with Gasteiger partial charge in [-0.25, -0.2) is 4.79 Å². The molecule has 1 N–H and O–H groups in total. The fourth-order valence-electron chi connectivity index (χ4n) is 1.98. The van der Waals surface area contributed by atoms with Crippen molar-refractivity contribution in [2.24, 2.45) is 5.92 Å². The van der Waals surface area contributed by atoms with Crippen LogP contribution >= 0.6 is 11.6 Å². The average Bonchev–Trinajstić information content (AvgIpc) is 2.81. The number of nitrogens with one attached hydrogen (secondary N) is 1. The van der Waals surface area contributed by atoms with Crippen molar-refractivity contribution in [2.45, 2.75) is 6.42 Å². The molecular formula is C13H17ClN2O2. The SMILES string of the molecule is CN(CC1CCOC1)C(=O)Nc1cccc(Cl)c1. The number of rotatable bonds is 3. The summed E-state index contributed by atoms with van der Waals surface area (Å²) < 4.78 is 5.30. The molecule has 1 atom stereocenters. The lowest BCUT2D eigenvalue weighted by molar-refractivity contribution is 0.175. The predicted octanol–water partition coefficient (Wildman–Crippen LogP) is 2.84. The van der Waals surface area contributed by atoms with Gasteiger partial charge >= 0.3 is 6.03 Å². The molecular weight excluding hydrogens is 252 g/mol. The van der Waals surface area contributed by atoms with Gasteiger partial charge in [0.05, 0.1) is 6.61 Å². The highest BCUT2D eigenvalue weighted by molar-refractivity contribution is 6.30. The fraction of sp³-hybridized carbons (Fsp3) is 0.462. The molecule has 0 aliphatic carbocycles. The predicted molar refractivity (Wildman–Crippen MR) is 72.0 cm³/mol. The van der Waals surface area contributed by atoms with Crippen molar-refractivity contribution in [2.75, 3.05) is 32.1 Å². The number of benzene rings is 1. The maximum Gasteiger partial charge on any atom is 0.321 e. The normalized spacial score (nSPS) is 18.7. The molecule has 5 heteroatoms. The van der Waals surface area contributed by atoms with E-state index in [0.717, 1.165) is 19.6 Å². The van der Waals surface area contributed by atoms with Gasteiger partial charge in [-0.3, -0.25) is 0 Å². The van der Waals surface area contributed by atoms with Crippen LogP contribution in [-0.2, 0) is 4.74 Å². The Hall–Kier alpha value is -1.26. The third kappa shape index (κ3) is 3.62. The Labute approximate surface area is 112 Å². The zero-order valence-corrected chi connectivity index (χ0v) is 11.1. The van der Waals surface area contributed by atoms with Gasteiger partial charge in [-0.15, -0.1) is 0 Å². The Bertz CT molecular complexity index is 419. The Balaban J connectivity index is 1.86. The van der Waals surface area contributed by atoms with E-state index in [2.05, 4.69) is 5.32 Å². The molecule has 0 saturated carbocycles. The summed E-state index contributed by atoms with van der Waals surface area (Å²) in [6, 6.07) is 7.01. The first-order valence-electron chi connectivity index (χ1n) is 6.00. The second-order valence-electron chi connectivity index (χ2n) is 4.55. The standard InChI is InChI=1S/C13H17ClN2O2/c1-16(8-10-5-6-18-9-10)13(17)15-12-4-2-3-11(14)7-12/h2-4,7,10H,5-6,8-9H2,1H3,(H,15,17). The van der Waals surface area contributed by atoms with Gasteiger partial charge in [-0.2, -0.15) is 0 Å². The van der Waals surface area contributed by atoms with Gasteiger partial charge in [0.15, 0.2) is 0 Å². The van der Waals surface area contributed by atoms with Crippen LogP contribution in [0.25, 0.3) is 0 Å². The Morgan fingerprint density at radius 1 is 1.61 bits per heavy atom. The van der Waals surface area contributed by atoms with Gasteiger partial charge in [0.1, 0.15) is 0 Å². The van der Waals surface area contributed by atoms with Crippen molar-refractivity contribution in [3.05, 3.63) is 29.3 Å². The Morgan fingerprint density at radius 3 is 3.11 bits per heavy atom. The summed E-state index contributed by atoms with van der Waals surface area (Å²) in [6.07, 6.45) is 1.02. The molecule has 0 spiro atoms. The number of carbonyl (C=O) groups excluding carboxylic acids is 1. The van der Waals surface area contributed by atoms with Crippen LogP contribution in [-0.4, -0.2) is 37.7 Å². The van der Waals surface area contributed by atoms with Gasteiger partial charge in [-0.1, -0.05) is 17.7 Å². The Kier molecular flexibility index (Phi) is 4.44. The first-order valence-corrected chi connectivity index (χ1v) is 6.38. The van der Waals surface area contributed by atoms with E-state index < -0.39 is 0 Å². The van der Waals surface area contributed by atoms with Crippen LogP contribution in [0.5, 0.6) is 0 Å². The average molecular weight is 269 g/mol. The van der Waals surface area contributed by atoms with Crippen molar-refractivity contribution in [3.63, 3.8) is 0 Å². The van der Waals surface area contributed by atoms with Crippen LogP contribution < -0.4 is 5.32 Å². The lowest BCUT2D eigenvalue weighted by Crippen LogP contribution is -2.35. The van der Waals surface area contributed by atoms with Gasteiger partial charge in [0, 0.05) is 36.8 Å². The van der Waals surface area contributed by atoms with Gasteiger partial charge in [-0.05, 0) is 24.6 Å².